The number of nitrogens with one attached hydrogen (secondary N) is 3. The zero-order valence-corrected chi connectivity index (χ0v) is 16.2. The van der Waals surface area contributed by atoms with Crippen LogP contribution in [0.15, 0.2) is 23.1 Å². The first-order valence-electron chi connectivity index (χ1n) is 9.57. The van der Waals surface area contributed by atoms with Crippen LogP contribution in [0.4, 0.5) is 0 Å². The Morgan fingerprint density at radius 1 is 1.19 bits per heavy atom. The molecule has 1 aliphatic heterocycles. The Bertz CT molecular complexity index is 736. The lowest BCUT2D eigenvalue weighted by atomic mass is 9.99. The topological polar surface area (TPSA) is 87.3 Å². The number of aryl methyl sites for hydroxylation is 1. The summed E-state index contributed by atoms with van der Waals surface area (Å²) in [5.74, 6) is 0.221. The summed E-state index contributed by atoms with van der Waals surface area (Å²) in [4.78, 5) is 12.7. The van der Waals surface area contributed by atoms with Gasteiger partial charge < -0.3 is 10.6 Å². The molecule has 1 saturated carbocycles. The molecule has 144 valence electrons. The average molecular weight is 380 g/mol. The van der Waals surface area contributed by atoms with Crippen molar-refractivity contribution < 1.29 is 13.2 Å². The van der Waals surface area contributed by atoms with Crippen LogP contribution in [0.5, 0.6) is 0 Å². The number of sulfonamides is 1. The number of benzene rings is 1. The highest BCUT2D eigenvalue weighted by Gasteiger charge is 2.25. The van der Waals surface area contributed by atoms with Crippen molar-refractivity contribution in [2.75, 3.05) is 19.6 Å². The fraction of sp³-hybridized carbons (Fsp3) is 0.632. The molecule has 2 fully saturated rings. The maximum absolute atomic E-state index is 12.7. The Hall–Kier alpha value is -1.44. The molecule has 0 bridgehead atoms. The summed E-state index contributed by atoms with van der Waals surface area (Å²) in [6.07, 6.45) is 6.11. The molecule has 1 aromatic rings. The third-order valence-electron chi connectivity index (χ3n) is 5.37. The second-order valence-corrected chi connectivity index (χ2v) is 9.19. The highest BCUT2D eigenvalue weighted by Crippen LogP contribution is 2.22. The van der Waals surface area contributed by atoms with E-state index < -0.39 is 10.0 Å². The normalized spacial score (nSPS) is 21.7. The molecule has 3 rings (SSSR count). The average Bonchev–Trinajstić information content (AvgIpc) is 3.13. The van der Waals surface area contributed by atoms with E-state index in [-0.39, 0.29) is 16.8 Å². The Labute approximate surface area is 156 Å². The molecule has 1 heterocycles. The van der Waals surface area contributed by atoms with E-state index in [4.69, 9.17) is 0 Å². The zero-order chi connectivity index (χ0) is 18.6. The van der Waals surface area contributed by atoms with Gasteiger partial charge in [0.15, 0.2) is 0 Å². The number of hydrogen-bond acceptors (Lipinski definition) is 4. The summed E-state index contributed by atoms with van der Waals surface area (Å²) in [5.41, 5.74) is 1.05. The lowest BCUT2D eigenvalue weighted by molar-refractivity contribution is 0.0944. The van der Waals surface area contributed by atoms with E-state index in [1.54, 1.807) is 19.1 Å². The maximum Gasteiger partial charge on any atom is 0.251 e. The lowest BCUT2D eigenvalue weighted by Crippen LogP contribution is -2.38. The fourth-order valence-electron chi connectivity index (χ4n) is 3.79. The Kier molecular flexibility index (Phi) is 6.32. The standard InChI is InChI=1S/C19H29N3O3S/c1-14-8-9-16(19(23)21-13-15-5-4-10-20-12-15)11-18(14)26(24,25)22-17-6-2-3-7-17/h8-9,11,15,17,20,22H,2-7,10,12-13H2,1H3,(H,21,23). The molecule has 3 N–H and O–H groups in total. The largest absolute Gasteiger partial charge is 0.352 e. The van der Waals surface area contributed by atoms with Crippen molar-refractivity contribution in [1.82, 2.24) is 15.4 Å². The van der Waals surface area contributed by atoms with Gasteiger partial charge >= 0.3 is 0 Å². The molecular formula is C19H29N3O3S. The third kappa shape index (κ3) is 4.84. The predicted octanol–water partition coefficient (Wildman–Crippen LogP) is 1.95. The summed E-state index contributed by atoms with van der Waals surface area (Å²) in [6, 6.07) is 4.91. The van der Waals surface area contributed by atoms with Gasteiger partial charge in [-0.25, -0.2) is 13.1 Å². The van der Waals surface area contributed by atoms with Gasteiger partial charge in [-0.1, -0.05) is 18.9 Å². The van der Waals surface area contributed by atoms with Crippen LogP contribution in [-0.2, 0) is 10.0 Å². The number of piperidine rings is 1. The van der Waals surface area contributed by atoms with Gasteiger partial charge in [-0.3, -0.25) is 4.79 Å². The molecular weight excluding hydrogens is 350 g/mol. The van der Waals surface area contributed by atoms with Gasteiger partial charge in [0, 0.05) is 18.2 Å². The summed E-state index contributed by atoms with van der Waals surface area (Å²) in [5, 5.41) is 6.28. The first-order chi connectivity index (χ1) is 12.5. The van der Waals surface area contributed by atoms with E-state index >= 15 is 0 Å². The fourth-order valence-corrected chi connectivity index (χ4v) is 5.37. The van der Waals surface area contributed by atoms with Gasteiger partial charge in [-0.05, 0) is 69.3 Å². The number of carbonyl (C=O) groups is 1. The van der Waals surface area contributed by atoms with E-state index in [1.807, 2.05) is 0 Å². The molecule has 26 heavy (non-hydrogen) atoms. The molecule has 1 unspecified atom stereocenters. The van der Waals surface area contributed by atoms with Crippen LogP contribution in [0.1, 0.15) is 54.4 Å². The van der Waals surface area contributed by atoms with Gasteiger partial charge in [0.1, 0.15) is 0 Å². The minimum Gasteiger partial charge on any atom is -0.352 e. The number of rotatable bonds is 6. The molecule has 0 radical (unpaired) electrons. The SMILES string of the molecule is Cc1ccc(C(=O)NCC2CCCNC2)cc1S(=O)(=O)NC1CCCC1. The second kappa shape index (κ2) is 8.50. The monoisotopic (exact) mass is 379 g/mol. The molecule has 2 aliphatic rings. The Balaban J connectivity index is 1.68. The highest BCUT2D eigenvalue weighted by atomic mass is 32.2. The quantitative estimate of drug-likeness (QED) is 0.705. The van der Waals surface area contributed by atoms with Crippen LogP contribution in [0.25, 0.3) is 0 Å². The van der Waals surface area contributed by atoms with E-state index in [2.05, 4.69) is 15.4 Å². The van der Waals surface area contributed by atoms with E-state index in [9.17, 15) is 13.2 Å². The first-order valence-corrected chi connectivity index (χ1v) is 11.1. The molecule has 1 aromatic carbocycles. The molecule has 1 atom stereocenters. The maximum atomic E-state index is 12.7. The van der Waals surface area contributed by atoms with Crippen molar-refractivity contribution >= 4 is 15.9 Å². The van der Waals surface area contributed by atoms with Crippen LogP contribution >= 0.6 is 0 Å². The molecule has 7 heteroatoms. The minimum atomic E-state index is -3.61. The number of hydrogen-bond donors (Lipinski definition) is 3. The molecule has 1 saturated heterocycles. The van der Waals surface area contributed by atoms with Crippen LogP contribution < -0.4 is 15.4 Å². The second-order valence-electron chi connectivity index (χ2n) is 7.51. The van der Waals surface area contributed by atoms with Gasteiger partial charge in [-0.2, -0.15) is 0 Å². The van der Waals surface area contributed by atoms with E-state index in [0.29, 0.717) is 23.6 Å². The summed E-state index contributed by atoms with van der Waals surface area (Å²) < 4.78 is 28.3. The minimum absolute atomic E-state index is 0.00989. The molecule has 1 amide bonds. The number of carbonyl (C=O) groups excluding carboxylic acids is 1. The van der Waals surface area contributed by atoms with Crippen LogP contribution in [0.2, 0.25) is 0 Å². The lowest BCUT2D eigenvalue weighted by Gasteiger charge is -2.23. The third-order valence-corrected chi connectivity index (χ3v) is 7.03. The van der Waals surface area contributed by atoms with Crippen molar-refractivity contribution in [1.29, 1.82) is 0 Å². The summed E-state index contributed by atoms with van der Waals surface area (Å²) >= 11 is 0. The van der Waals surface area contributed by atoms with Gasteiger partial charge in [0.25, 0.3) is 5.91 Å². The highest BCUT2D eigenvalue weighted by molar-refractivity contribution is 7.89. The van der Waals surface area contributed by atoms with Crippen molar-refractivity contribution in [2.24, 2.45) is 5.92 Å². The van der Waals surface area contributed by atoms with E-state index in [0.717, 1.165) is 51.6 Å². The van der Waals surface area contributed by atoms with Crippen molar-refractivity contribution in [2.45, 2.75) is 56.4 Å². The summed E-state index contributed by atoms with van der Waals surface area (Å²) in [6.45, 7) is 4.33. The van der Waals surface area contributed by atoms with Crippen molar-refractivity contribution in [3.63, 3.8) is 0 Å². The molecule has 1 aliphatic carbocycles. The summed E-state index contributed by atoms with van der Waals surface area (Å²) in [7, 11) is -3.61. The predicted molar refractivity (Wildman–Crippen MR) is 102 cm³/mol. The van der Waals surface area contributed by atoms with Crippen molar-refractivity contribution in [3.05, 3.63) is 29.3 Å². The van der Waals surface area contributed by atoms with Crippen LogP contribution in [0.3, 0.4) is 0 Å². The number of amides is 1. The molecule has 0 spiro atoms. The Morgan fingerprint density at radius 2 is 1.96 bits per heavy atom. The van der Waals surface area contributed by atoms with Crippen LogP contribution in [0, 0.1) is 12.8 Å². The molecule has 6 nitrogen and oxygen atoms in total. The van der Waals surface area contributed by atoms with Gasteiger partial charge in [-0.15, -0.1) is 0 Å². The van der Waals surface area contributed by atoms with Gasteiger partial charge in [0.05, 0.1) is 4.90 Å². The zero-order valence-electron chi connectivity index (χ0n) is 15.4. The van der Waals surface area contributed by atoms with Crippen molar-refractivity contribution in [3.8, 4) is 0 Å². The first kappa shape index (κ1) is 19.3. The Morgan fingerprint density at radius 3 is 2.65 bits per heavy atom. The molecule has 0 aromatic heterocycles. The van der Waals surface area contributed by atoms with E-state index in [1.165, 1.54) is 6.07 Å². The smallest absolute Gasteiger partial charge is 0.251 e. The van der Waals surface area contributed by atoms with Crippen LogP contribution in [-0.4, -0.2) is 40.0 Å². The van der Waals surface area contributed by atoms with Gasteiger partial charge in [0.2, 0.25) is 10.0 Å².